The molecule has 80 valence electrons. The molecular formula is C12H22N2. The first-order valence-corrected chi connectivity index (χ1v) is 6.33. The lowest BCUT2D eigenvalue weighted by Crippen LogP contribution is -2.62. The van der Waals surface area contributed by atoms with E-state index in [-0.39, 0.29) is 0 Å². The van der Waals surface area contributed by atoms with E-state index in [0.717, 1.165) is 6.04 Å². The molecule has 0 amide bonds. The summed E-state index contributed by atoms with van der Waals surface area (Å²) < 4.78 is 0. The highest BCUT2D eigenvalue weighted by Gasteiger charge is 2.42. The number of piperidine rings is 1. The Hall–Kier alpha value is -0.0800. The molecule has 2 aliphatic heterocycles. The summed E-state index contributed by atoms with van der Waals surface area (Å²) in [6, 6.07) is 0.952. The zero-order chi connectivity index (χ0) is 9.43. The maximum atomic E-state index is 3.46. The van der Waals surface area contributed by atoms with Crippen molar-refractivity contribution in [2.75, 3.05) is 26.2 Å². The van der Waals surface area contributed by atoms with Gasteiger partial charge in [-0.15, -0.1) is 0 Å². The van der Waals surface area contributed by atoms with Crippen LogP contribution in [0.4, 0.5) is 0 Å². The lowest BCUT2D eigenvalue weighted by molar-refractivity contribution is 0.0195. The van der Waals surface area contributed by atoms with Crippen molar-refractivity contribution in [1.82, 2.24) is 10.2 Å². The summed E-state index contributed by atoms with van der Waals surface area (Å²) in [5, 5.41) is 3.46. The highest BCUT2D eigenvalue weighted by Crippen LogP contribution is 2.36. The van der Waals surface area contributed by atoms with Crippen molar-refractivity contribution in [3.05, 3.63) is 0 Å². The summed E-state index contributed by atoms with van der Waals surface area (Å²) in [5.74, 6) is 0. The van der Waals surface area contributed by atoms with E-state index in [9.17, 15) is 0 Å². The number of likely N-dealkylation sites (tertiary alicyclic amines) is 1. The Kier molecular flexibility index (Phi) is 2.29. The SMILES string of the molecule is C1CCC(N2CCCC3(CNC3)C2)C1. The van der Waals surface area contributed by atoms with Gasteiger partial charge in [0.2, 0.25) is 0 Å². The van der Waals surface area contributed by atoms with Crippen molar-refractivity contribution in [2.45, 2.75) is 44.6 Å². The minimum Gasteiger partial charge on any atom is -0.315 e. The fourth-order valence-electron chi connectivity index (χ4n) is 3.59. The molecule has 2 heteroatoms. The molecule has 0 bridgehead atoms. The molecule has 0 unspecified atom stereocenters. The number of hydrogen-bond donors (Lipinski definition) is 1. The molecule has 2 nitrogen and oxygen atoms in total. The third-order valence-electron chi connectivity index (χ3n) is 4.53. The fourth-order valence-corrected chi connectivity index (χ4v) is 3.59. The summed E-state index contributed by atoms with van der Waals surface area (Å²) in [7, 11) is 0. The molecule has 3 aliphatic rings. The van der Waals surface area contributed by atoms with Gasteiger partial charge in [0.1, 0.15) is 0 Å². The number of rotatable bonds is 1. The van der Waals surface area contributed by atoms with Gasteiger partial charge in [0, 0.05) is 31.1 Å². The van der Waals surface area contributed by atoms with Crippen molar-refractivity contribution in [3.63, 3.8) is 0 Å². The first-order valence-electron chi connectivity index (χ1n) is 6.33. The molecule has 1 spiro atoms. The van der Waals surface area contributed by atoms with E-state index < -0.39 is 0 Å². The van der Waals surface area contributed by atoms with E-state index >= 15 is 0 Å². The van der Waals surface area contributed by atoms with E-state index in [2.05, 4.69) is 10.2 Å². The predicted octanol–water partition coefficient (Wildman–Crippen LogP) is 1.61. The molecule has 3 fully saturated rings. The fraction of sp³-hybridized carbons (Fsp3) is 1.00. The molecule has 14 heavy (non-hydrogen) atoms. The Labute approximate surface area is 87.0 Å². The van der Waals surface area contributed by atoms with Crippen molar-refractivity contribution in [2.24, 2.45) is 5.41 Å². The van der Waals surface area contributed by atoms with Crippen LogP contribution in [0.2, 0.25) is 0 Å². The number of nitrogens with zero attached hydrogens (tertiary/aromatic N) is 1. The Morgan fingerprint density at radius 1 is 1.07 bits per heavy atom. The van der Waals surface area contributed by atoms with Gasteiger partial charge < -0.3 is 5.32 Å². The highest BCUT2D eigenvalue weighted by molar-refractivity contribution is 4.98. The van der Waals surface area contributed by atoms with Crippen molar-refractivity contribution in [3.8, 4) is 0 Å². The second-order valence-corrected chi connectivity index (χ2v) is 5.62. The van der Waals surface area contributed by atoms with Gasteiger partial charge in [-0.05, 0) is 32.2 Å². The average molecular weight is 194 g/mol. The monoisotopic (exact) mass is 194 g/mol. The second-order valence-electron chi connectivity index (χ2n) is 5.62. The Balaban J connectivity index is 1.63. The Morgan fingerprint density at radius 2 is 1.86 bits per heavy atom. The molecule has 0 aromatic carbocycles. The van der Waals surface area contributed by atoms with Crippen LogP contribution in [0.15, 0.2) is 0 Å². The minimum absolute atomic E-state index is 0.695. The van der Waals surface area contributed by atoms with Crippen LogP contribution >= 0.6 is 0 Å². The summed E-state index contributed by atoms with van der Waals surface area (Å²) in [6.45, 7) is 5.35. The quantitative estimate of drug-likeness (QED) is 0.682. The molecule has 0 radical (unpaired) electrons. The summed E-state index contributed by atoms with van der Waals surface area (Å²) in [4.78, 5) is 2.80. The van der Waals surface area contributed by atoms with E-state index in [0.29, 0.717) is 5.41 Å². The van der Waals surface area contributed by atoms with Crippen LogP contribution in [0, 0.1) is 5.41 Å². The van der Waals surface area contributed by atoms with E-state index in [1.54, 1.807) is 0 Å². The third-order valence-corrected chi connectivity index (χ3v) is 4.53. The lowest BCUT2D eigenvalue weighted by Gasteiger charge is -2.50. The molecule has 3 rings (SSSR count). The third kappa shape index (κ3) is 1.49. The number of hydrogen-bond acceptors (Lipinski definition) is 2. The van der Waals surface area contributed by atoms with Gasteiger partial charge in [0.05, 0.1) is 0 Å². The van der Waals surface area contributed by atoms with E-state index in [1.165, 1.54) is 64.7 Å². The summed E-state index contributed by atoms with van der Waals surface area (Å²) >= 11 is 0. The van der Waals surface area contributed by atoms with E-state index in [4.69, 9.17) is 0 Å². The zero-order valence-electron chi connectivity index (χ0n) is 9.10. The number of nitrogens with one attached hydrogen (secondary N) is 1. The van der Waals surface area contributed by atoms with Crippen LogP contribution in [-0.4, -0.2) is 37.1 Å². The maximum absolute atomic E-state index is 3.46. The topological polar surface area (TPSA) is 15.3 Å². The summed E-state index contributed by atoms with van der Waals surface area (Å²) in [5.41, 5.74) is 0.695. The second kappa shape index (κ2) is 3.49. The standard InChI is InChI=1S/C12H22N2/c1-2-5-11(4-1)14-7-3-6-12(10-14)8-13-9-12/h11,13H,1-10H2. The first-order chi connectivity index (χ1) is 6.88. The van der Waals surface area contributed by atoms with Gasteiger partial charge >= 0.3 is 0 Å². The van der Waals surface area contributed by atoms with Crippen molar-refractivity contribution < 1.29 is 0 Å². The van der Waals surface area contributed by atoms with Crippen LogP contribution in [0.5, 0.6) is 0 Å². The van der Waals surface area contributed by atoms with Crippen LogP contribution in [0.1, 0.15) is 38.5 Å². The first kappa shape index (κ1) is 9.17. The molecule has 1 N–H and O–H groups in total. The molecule has 0 atom stereocenters. The van der Waals surface area contributed by atoms with Gasteiger partial charge in [-0.3, -0.25) is 4.90 Å². The highest BCUT2D eigenvalue weighted by atomic mass is 15.2. The molecular weight excluding hydrogens is 172 g/mol. The van der Waals surface area contributed by atoms with Crippen LogP contribution < -0.4 is 5.32 Å². The van der Waals surface area contributed by atoms with Gasteiger partial charge in [-0.2, -0.15) is 0 Å². The summed E-state index contributed by atoms with van der Waals surface area (Å²) in [6.07, 6.45) is 8.83. The predicted molar refractivity (Wildman–Crippen MR) is 58.4 cm³/mol. The van der Waals surface area contributed by atoms with Gasteiger partial charge in [0.15, 0.2) is 0 Å². The Morgan fingerprint density at radius 3 is 2.50 bits per heavy atom. The minimum atomic E-state index is 0.695. The van der Waals surface area contributed by atoms with Crippen LogP contribution in [0.25, 0.3) is 0 Å². The average Bonchev–Trinajstić information content (AvgIpc) is 2.68. The van der Waals surface area contributed by atoms with Crippen molar-refractivity contribution >= 4 is 0 Å². The largest absolute Gasteiger partial charge is 0.315 e. The van der Waals surface area contributed by atoms with E-state index in [1.807, 2.05) is 0 Å². The van der Waals surface area contributed by atoms with Crippen LogP contribution in [0.3, 0.4) is 0 Å². The molecule has 0 aromatic rings. The molecule has 2 heterocycles. The lowest BCUT2D eigenvalue weighted by atomic mass is 9.74. The normalized spacial score (nSPS) is 33.4. The molecule has 1 saturated carbocycles. The van der Waals surface area contributed by atoms with Gasteiger partial charge in [0.25, 0.3) is 0 Å². The van der Waals surface area contributed by atoms with Crippen molar-refractivity contribution in [1.29, 1.82) is 0 Å². The molecule has 0 aromatic heterocycles. The van der Waals surface area contributed by atoms with Gasteiger partial charge in [-0.25, -0.2) is 0 Å². The zero-order valence-corrected chi connectivity index (χ0v) is 9.10. The Bertz CT molecular complexity index is 204. The molecule has 2 saturated heterocycles. The van der Waals surface area contributed by atoms with Gasteiger partial charge in [-0.1, -0.05) is 12.8 Å². The smallest absolute Gasteiger partial charge is 0.00955 e. The van der Waals surface area contributed by atoms with Crippen LogP contribution in [-0.2, 0) is 0 Å². The molecule has 1 aliphatic carbocycles. The maximum Gasteiger partial charge on any atom is 0.00955 e.